The zero-order valence-corrected chi connectivity index (χ0v) is 15.3. The van der Waals surface area contributed by atoms with Crippen LogP contribution in [0.5, 0.6) is 0 Å². The largest absolute Gasteiger partial charge is 0.481 e. The number of rotatable bonds is 1. The van der Waals surface area contributed by atoms with Crippen LogP contribution in [-0.2, 0) is 4.79 Å². The minimum atomic E-state index is -0.627. The second kappa shape index (κ2) is 5.33. The molecule has 4 rings (SSSR count). The maximum atomic E-state index is 11.6. The third kappa shape index (κ3) is 2.09. The Hall–Kier alpha value is -0.830. The Balaban J connectivity index is 1.71. The van der Waals surface area contributed by atoms with Crippen LogP contribution in [0, 0.1) is 40.4 Å². The summed E-state index contributed by atoms with van der Waals surface area (Å²) in [6.07, 6.45) is 9.27. The van der Waals surface area contributed by atoms with Crippen molar-refractivity contribution in [1.82, 2.24) is 0 Å². The predicted octanol–water partition coefficient (Wildman–Crippen LogP) is 4.26. The van der Waals surface area contributed by atoms with E-state index in [9.17, 15) is 15.0 Å². The fraction of sp³-hybridized carbons (Fsp3) is 0.857. The van der Waals surface area contributed by atoms with Crippen LogP contribution in [0.15, 0.2) is 11.6 Å². The number of hydrogen-bond donors (Lipinski definition) is 2. The monoisotopic (exact) mass is 332 g/mol. The van der Waals surface area contributed by atoms with Crippen molar-refractivity contribution in [2.75, 3.05) is 0 Å². The Morgan fingerprint density at radius 2 is 1.96 bits per heavy atom. The van der Waals surface area contributed by atoms with Crippen molar-refractivity contribution in [1.29, 1.82) is 0 Å². The van der Waals surface area contributed by atoms with Crippen molar-refractivity contribution in [2.24, 2.45) is 40.4 Å². The molecule has 0 saturated heterocycles. The molecule has 0 bridgehead atoms. The molecule has 3 fully saturated rings. The average Bonchev–Trinajstić information content (AvgIpc) is 2.82. The minimum absolute atomic E-state index is 0.0541. The summed E-state index contributed by atoms with van der Waals surface area (Å²) in [6.45, 7) is 7.01. The number of aliphatic hydroxyl groups excluding tert-OH is 1. The van der Waals surface area contributed by atoms with Gasteiger partial charge in [0.1, 0.15) is 0 Å². The van der Waals surface area contributed by atoms with Crippen LogP contribution in [0.1, 0.15) is 65.7 Å². The fourth-order valence-corrected chi connectivity index (χ4v) is 7.45. The summed E-state index contributed by atoms with van der Waals surface area (Å²) >= 11 is 0. The van der Waals surface area contributed by atoms with E-state index in [0.29, 0.717) is 30.1 Å². The van der Waals surface area contributed by atoms with Crippen LogP contribution < -0.4 is 0 Å². The molecule has 24 heavy (non-hydrogen) atoms. The maximum Gasteiger partial charge on any atom is 0.306 e. The lowest BCUT2D eigenvalue weighted by Gasteiger charge is -2.60. The molecule has 0 heterocycles. The normalized spacial score (nSPS) is 53.6. The number of carboxylic acids is 1. The smallest absolute Gasteiger partial charge is 0.306 e. The van der Waals surface area contributed by atoms with Crippen LogP contribution in [0.4, 0.5) is 0 Å². The molecule has 3 heteroatoms. The molecule has 0 aromatic carbocycles. The summed E-state index contributed by atoms with van der Waals surface area (Å²) in [6, 6.07) is 0. The van der Waals surface area contributed by atoms with Gasteiger partial charge in [-0.2, -0.15) is 0 Å². The zero-order valence-electron chi connectivity index (χ0n) is 15.3. The Labute approximate surface area is 145 Å². The summed E-state index contributed by atoms with van der Waals surface area (Å²) in [5.74, 6) is 1.60. The van der Waals surface area contributed by atoms with Crippen molar-refractivity contribution in [3.05, 3.63) is 11.6 Å². The maximum absolute atomic E-state index is 11.6. The Morgan fingerprint density at radius 3 is 2.67 bits per heavy atom. The number of fused-ring (bicyclic) bond motifs is 5. The van der Waals surface area contributed by atoms with Crippen molar-refractivity contribution in [3.8, 4) is 0 Å². The predicted molar refractivity (Wildman–Crippen MR) is 93.4 cm³/mol. The molecule has 3 saturated carbocycles. The lowest BCUT2D eigenvalue weighted by molar-refractivity contribution is -0.145. The van der Waals surface area contributed by atoms with Crippen LogP contribution in [0.3, 0.4) is 0 Å². The fourth-order valence-electron chi connectivity index (χ4n) is 7.45. The lowest BCUT2D eigenvalue weighted by Crippen LogP contribution is -2.53. The van der Waals surface area contributed by atoms with Crippen LogP contribution >= 0.6 is 0 Å². The molecule has 2 N–H and O–H groups in total. The van der Waals surface area contributed by atoms with Crippen molar-refractivity contribution in [3.63, 3.8) is 0 Å². The van der Waals surface area contributed by atoms with Gasteiger partial charge in [0.25, 0.3) is 0 Å². The molecule has 3 nitrogen and oxygen atoms in total. The molecule has 4 aliphatic carbocycles. The van der Waals surface area contributed by atoms with E-state index in [0.717, 1.165) is 32.1 Å². The first-order valence-electron chi connectivity index (χ1n) is 9.89. The van der Waals surface area contributed by atoms with E-state index < -0.39 is 5.97 Å². The summed E-state index contributed by atoms with van der Waals surface area (Å²) in [5.41, 5.74) is 1.70. The van der Waals surface area contributed by atoms with Gasteiger partial charge in [0.05, 0.1) is 12.0 Å². The Morgan fingerprint density at radius 1 is 1.21 bits per heavy atom. The molecule has 0 spiro atoms. The second-order valence-corrected chi connectivity index (χ2v) is 9.70. The topological polar surface area (TPSA) is 57.5 Å². The van der Waals surface area contributed by atoms with E-state index in [2.05, 4.69) is 26.8 Å². The first-order chi connectivity index (χ1) is 11.3. The minimum Gasteiger partial charge on any atom is -0.481 e. The summed E-state index contributed by atoms with van der Waals surface area (Å²) in [5, 5.41) is 20.1. The van der Waals surface area contributed by atoms with Crippen molar-refractivity contribution >= 4 is 5.97 Å². The number of hydrogen-bond acceptors (Lipinski definition) is 2. The van der Waals surface area contributed by atoms with Crippen molar-refractivity contribution in [2.45, 2.75) is 71.8 Å². The van der Waals surface area contributed by atoms with Gasteiger partial charge in [-0.3, -0.25) is 4.79 Å². The Bertz CT molecular complexity index is 582. The van der Waals surface area contributed by atoms with Gasteiger partial charge in [-0.15, -0.1) is 0 Å². The molecule has 0 aromatic rings. The first-order valence-corrected chi connectivity index (χ1v) is 9.89. The Kier molecular flexibility index (Phi) is 3.69. The van der Waals surface area contributed by atoms with E-state index in [1.807, 2.05) is 0 Å². The highest BCUT2D eigenvalue weighted by atomic mass is 16.4. The molecule has 4 aliphatic rings. The van der Waals surface area contributed by atoms with Gasteiger partial charge in [0, 0.05) is 0 Å². The van der Waals surface area contributed by atoms with E-state index >= 15 is 0 Å². The number of allylic oxidation sites excluding steroid dienone is 2. The average molecular weight is 332 g/mol. The van der Waals surface area contributed by atoms with Gasteiger partial charge >= 0.3 is 5.97 Å². The third-order valence-corrected chi connectivity index (χ3v) is 8.66. The van der Waals surface area contributed by atoms with E-state index in [-0.39, 0.29) is 22.9 Å². The SMILES string of the molecule is CC1C[C@@H]2[C@@H](CC[C@]3(C)C(O)CC[C@@H]23)[C@@]2(C)CC(C(=O)O)CC=C12. The summed E-state index contributed by atoms with van der Waals surface area (Å²) < 4.78 is 0. The molecule has 0 amide bonds. The van der Waals surface area contributed by atoms with E-state index in [4.69, 9.17) is 0 Å². The number of aliphatic carboxylic acids is 1. The molecule has 0 aliphatic heterocycles. The number of aliphatic hydroxyl groups is 1. The van der Waals surface area contributed by atoms with Gasteiger partial charge in [-0.05, 0) is 79.4 Å². The molecule has 134 valence electrons. The quantitative estimate of drug-likeness (QED) is 0.706. The second-order valence-electron chi connectivity index (χ2n) is 9.70. The molecule has 0 aromatic heterocycles. The van der Waals surface area contributed by atoms with Gasteiger partial charge in [0.15, 0.2) is 0 Å². The molecular weight excluding hydrogens is 300 g/mol. The number of carbonyl (C=O) groups is 1. The van der Waals surface area contributed by atoms with Gasteiger partial charge in [0.2, 0.25) is 0 Å². The summed E-state index contributed by atoms with van der Waals surface area (Å²) in [4.78, 5) is 11.6. The van der Waals surface area contributed by atoms with E-state index in [1.54, 1.807) is 5.57 Å². The highest BCUT2D eigenvalue weighted by Gasteiger charge is 2.60. The highest BCUT2D eigenvalue weighted by molar-refractivity contribution is 5.70. The molecule has 0 radical (unpaired) electrons. The van der Waals surface area contributed by atoms with Crippen LogP contribution in [0.2, 0.25) is 0 Å². The summed E-state index contributed by atoms with van der Waals surface area (Å²) in [7, 11) is 0. The lowest BCUT2D eigenvalue weighted by atomic mass is 9.45. The molecular formula is C21H32O3. The number of carboxylic acid groups (broad SMARTS) is 1. The van der Waals surface area contributed by atoms with E-state index in [1.165, 1.54) is 6.42 Å². The third-order valence-electron chi connectivity index (χ3n) is 8.66. The standard InChI is InChI=1S/C21H32O3/c1-12-10-14-16-6-7-18(22)20(16,2)9-8-17(14)21(3)11-13(19(23)24)4-5-15(12)21/h5,12-14,16-18,22H,4,6-11H2,1-3H3,(H,23,24)/t12?,13?,14-,16-,17+,18?,20-,21-/m0/s1. The van der Waals surface area contributed by atoms with Gasteiger partial charge in [-0.25, -0.2) is 0 Å². The van der Waals surface area contributed by atoms with Crippen LogP contribution in [0.25, 0.3) is 0 Å². The zero-order chi connectivity index (χ0) is 17.3. The van der Waals surface area contributed by atoms with Crippen molar-refractivity contribution < 1.29 is 15.0 Å². The molecule has 8 atom stereocenters. The van der Waals surface area contributed by atoms with Gasteiger partial charge in [-0.1, -0.05) is 32.4 Å². The van der Waals surface area contributed by atoms with Crippen LogP contribution in [-0.4, -0.2) is 22.3 Å². The molecule has 3 unspecified atom stereocenters. The first kappa shape index (κ1) is 16.6. The van der Waals surface area contributed by atoms with Gasteiger partial charge < -0.3 is 10.2 Å². The highest BCUT2D eigenvalue weighted by Crippen LogP contribution is 2.66.